The van der Waals surface area contributed by atoms with Gasteiger partial charge in [-0.1, -0.05) is 0 Å². The average Bonchev–Trinajstić information content (AvgIpc) is 3.05. The van der Waals surface area contributed by atoms with Gasteiger partial charge in [-0.25, -0.2) is 4.98 Å². The van der Waals surface area contributed by atoms with E-state index >= 15 is 0 Å². The summed E-state index contributed by atoms with van der Waals surface area (Å²) in [5.41, 5.74) is 0.948. The highest BCUT2D eigenvalue weighted by Crippen LogP contribution is 2.34. The molecule has 0 aliphatic carbocycles. The van der Waals surface area contributed by atoms with Gasteiger partial charge >= 0.3 is 0 Å². The normalized spacial score (nSPS) is 19.5. The predicted molar refractivity (Wildman–Crippen MR) is 95.9 cm³/mol. The van der Waals surface area contributed by atoms with Gasteiger partial charge in [-0.15, -0.1) is 11.3 Å². The Hall–Kier alpha value is -1.09. The number of thioether (sulfide) groups is 1. The van der Waals surface area contributed by atoms with Crippen molar-refractivity contribution in [1.29, 1.82) is 0 Å². The number of aromatic nitrogens is 2. The van der Waals surface area contributed by atoms with Gasteiger partial charge in [-0.2, -0.15) is 16.7 Å². The van der Waals surface area contributed by atoms with Crippen molar-refractivity contribution in [3.8, 4) is 0 Å². The van der Waals surface area contributed by atoms with Crippen LogP contribution in [0.5, 0.6) is 0 Å². The standard InChI is InChI=1S/C15H20N4O2S2/c20-10-11-9-12-13(23-11)14(18-1-5-21-6-2-18)17-15(16-12)19-3-7-22-8-4-19/h9,20H,1-8,10H2. The highest BCUT2D eigenvalue weighted by molar-refractivity contribution is 7.99. The zero-order chi connectivity index (χ0) is 15.6. The largest absolute Gasteiger partial charge is 0.391 e. The van der Waals surface area contributed by atoms with E-state index in [9.17, 15) is 5.11 Å². The van der Waals surface area contributed by atoms with Crippen molar-refractivity contribution in [1.82, 2.24) is 9.97 Å². The van der Waals surface area contributed by atoms with E-state index in [0.29, 0.717) is 0 Å². The summed E-state index contributed by atoms with van der Waals surface area (Å²) in [7, 11) is 0. The molecule has 23 heavy (non-hydrogen) atoms. The molecule has 6 nitrogen and oxygen atoms in total. The van der Waals surface area contributed by atoms with E-state index in [2.05, 4.69) is 9.80 Å². The number of ether oxygens (including phenoxy) is 1. The second kappa shape index (κ2) is 6.80. The van der Waals surface area contributed by atoms with Crippen molar-refractivity contribution in [2.24, 2.45) is 0 Å². The lowest BCUT2D eigenvalue weighted by Gasteiger charge is -2.30. The molecule has 0 saturated carbocycles. The Kier molecular flexibility index (Phi) is 4.57. The second-order valence-electron chi connectivity index (χ2n) is 5.63. The molecule has 2 saturated heterocycles. The summed E-state index contributed by atoms with van der Waals surface area (Å²) in [5, 5.41) is 9.47. The predicted octanol–water partition coefficient (Wildman–Crippen LogP) is 1.57. The summed E-state index contributed by atoms with van der Waals surface area (Å²) in [6.45, 7) is 5.23. The SMILES string of the molecule is OCc1cc2nc(N3CCSCC3)nc(N3CCOCC3)c2s1. The van der Waals surface area contributed by atoms with E-state index in [0.717, 1.165) is 77.8 Å². The van der Waals surface area contributed by atoms with Crippen LogP contribution in [0.2, 0.25) is 0 Å². The maximum atomic E-state index is 9.47. The molecule has 4 rings (SSSR count). The molecule has 0 spiro atoms. The number of rotatable bonds is 3. The first kappa shape index (κ1) is 15.4. The molecule has 1 N–H and O–H groups in total. The van der Waals surface area contributed by atoms with Crippen molar-refractivity contribution >= 4 is 45.1 Å². The third-order valence-corrected chi connectivity index (χ3v) is 6.20. The maximum absolute atomic E-state index is 9.47. The lowest BCUT2D eigenvalue weighted by Crippen LogP contribution is -2.38. The molecule has 2 aromatic rings. The molecule has 0 aromatic carbocycles. The molecular weight excluding hydrogens is 332 g/mol. The number of nitrogens with zero attached hydrogens (tertiary/aromatic N) is 4. The Morgan fingerprint density at radius 3 is 2.61 bits per heavy atom. The molecule has 2 fully saturated rings. The fourth-order valence-electron chi connectivity index (χ4n) is 2.92. The van der Waals surface area contributed by atoms with E-state index in [4.69, 9.17) is 14.7 Å². The summed E-state index contributed by atoms with van der Waals surface area (Å²) in [5.74, 6) is 4.07. The number of morpholine rings is 1. The summed E-state index contributed by atoms with van der Waals surface area (Å²) in [4.78, 5) is 15.2. The summed E-state index contributed by atoms with van der Waals surface area (Å²) < 4.78 is 6.55. The maximum Gasteiger partial charge on any atom is 0.228 e. The van der Waals surface area contributed by atoms with Crippen LogP contribution >= 0.6 is 23.1 Å². The monoisotopic (exact) mass is 352 g/mol. The van der Waals surface area contributed by atoms with Crippen LogP contribution in [-0.2, 0) is 11.3 Å². The number of hydrogen-bond donors (Lipinski definition) is 1. The van der Waals surface area contributed by atoms with E-state index in [1.165, 1.54) is 0 Å². The molecule has 0 atom stereocenters. The van der Waals surface area contributed by atoms with Crippen molar-refractivity contribution in [3.05, 3.63) is 10.9 Å². The molecule has 2 aliphatic heterocycles. The number of thiophene rings is 1. The topological polar surface area (TPSA) is 61.7 Å². The van der Waals surface area contributed by atoms with Gasteiger partial charge in [0.1, 0.15) is 0 Å². The first-order valence-corrected chi connectivity index (χ1v) is 9.89. The van der Waals surface area contributed by atoms with Crippen molar-refractivity contribution in [2.75, 3.05) is 60.7 Å². The van der Waals surface area contributed by atoms with Crippen LogP contribution in [-0.4, -0.2) is 66.0 Å². The minimum Gasteiger partial charge on any atom is -0.391 e. The summed E-state index contributed by atoms with van der Waals surface area (Å²) in [6.07, 6.45) is 0. The van der Waals surface area contributed by atoms with Crippen molar-refractivity contribution in [2.45, 2.75) is 6.61 Å². The van der Waals surface area contributed by atoms with Gasteiger partial charge in [0.05, 0.1) is 30.0 Å². The van der Waals surface area contributed by atoms with E-state index in [1.807, 2.05) is 17.8 Å². The molecule has 8 heteroatoms. The van der Waals surface area contributed by atoms with Crippen LogP contribution in [0, 0.1) is 0 Å². The van der Waals surface area contributed by atoms with Gasteiger partial charge in [0.25, 0.3) is 0 Å². The lowest BCUT2D eigenvalue weighted by molar-refractivity contribution is 0.122. The van der Waals surface area contributed by atoms with Crippen LogP contribution in [0.25, 0.3) is 10.2 Å². The van der Waals surface area contributed by atoms with Gasteiger partial charge in [0.2, 0.25) is 5.95 Å². The van der Waals surface area contributed by atoms with Crippen LogP contribution in [0.3, 0.4) is 0 Å². The first-order chi connectivity index (χ1) is 11.3. The molecule has 2 aromatic heterocycles. The lowest BCUT2D eigenvalue weighted by atomic mass is 10.3. The number of fused-ring (bicyclic) bond motifs is 1. The molecule has 2 aliphatic rings. The minimum absolute atomic E-state index is 0.0548. The smallest absolute Gasteiger partial charge is 0.228 e. The third kappa shape index (κ3) is 3.13. The van der Waals surface area contributed by atoms with E-state index in [-0.39, 0.29) is 6.61 Å². The Morgan fingerprint density at radius 2 is 1.87 bits per heavy atom. The third-order valence-electron chi connectivity index (χ3n) is 4.15. The Labute approximate surface area is 143 Å². The number of aliphatic hydroxyl groups is 1. The minimum atomic E-state index is 0.0548. The van der Waals surface area contributed by atoms with Gasteiger partial charge in [0.15, 0.2) is 5.82 Å². The van der Waals surface area contributed by atoms with E-state index < -0.39 is 0 Å². The zero-order valence-electron chi connectivity index (χ0n) is 12.9. The zero-order valence-corrected chi connectivity index (χ0v) is 14.5. The molecule has 0 radical (unpaired) electrons. The molecule has 0 bridgehead atoms. The number of anilines is 2. The molecular formula is C15H20N4O2S2. The molecule has 0 unspecified atom stereocenters. The fraction of sp³-hybridized carbons (Fsp3) is 0.600. The van der Waals surface area contributed by atoms with Crippen LogP contribution in [0.15, 0.2) is 6.07 Å². The average molecular weight is 352 g/mol. The summed E-state index contributed by atoms with van der Waals surface area (Å²) >= 11 is 3.57. The van der Waals surface area contributed by atoms with Gasteiger partial charge in [-0.3, -0.25) is 0 Å². The number of aliphatic hydroxyl groups excluding tert-OH is 1. The van der Waals surface area contributed by atoms with Gasteiger partial charge in [-0.05, 0) is 6.07 Å². The van der Waals surface area contributed by atoms with Crippen LogP contribution < -0.4 is 9.80 Å². The highest BCUT2D eigenvalue weighted by atomic mass is 32.2. The van der Waals surface area contributed by atoms with Crippen LogP contribution in [0.4, 0.5) is 11.8 Å². The fourth-order valence-corrected chi connectivity index (χ4v) is 4.80. The Morgan fingerprint density at radius 1 is 1.09 bits per heavy atom. The van der Waals surface area contributed by atoms with Crippen molar-refractivity contribution in [3.63, 3.8) is 0 Å². The summed E-state index contributed by atoms with van der Waals surface area (Å²) in [6, 6.07) is 1.99. The van der Waals surface area contributed by atoms with Gasteiger partial charge in [0, 0.05) is 42.6 Å². The molecule has 124 valence electrons. The molecule has 4 heterocycles. The highest BCUT2D eigenvalue weighted by Gasteiger charge is 2.22. The quantitative estimate of drug-likeness (QED) is 0.900. The first-order valence-electron chi connectivity index (χ1n) is 7.92. The second-order valence-corrected chi connectivity index (χ2v) is 7.99. The number of hydrogen-bond acceptors (Lipinski definition) is 8. The van der Waals surface area contributed by atoms with Gasteiger partial charge < -0.3 is 19.6 Å². The van der Waals surface area contributed by atoms with E-state index in [1.54, 1.807) is 11.3 Å². The van der Waals surface area contributed by atoms with Crippen LogP contribution in [0.1, 0.15) is 4.88 Å². The Bertz CT molecular complexity index is 681. The Balaban J connectivity index is 1.78. The molecule has 0 amide bonds. The van der Waals surface area contributed by atoms with Crippen molar-refractivity contribution < 1.29 is 9.84 Å².